The lowest BCUT2D eigenvalue weighted by atomic mass is 9.94. The Labute approximate surface area is 716 Å². The van der Waals surface area contributed by atoms with Crippen molar-refractivity contribution in [3.63, 3.8) is 0 Å². The number of sulfone groups is 1. The van der Waals surface area contributed by atoms with Crippen LogP contribution >= 0.6 is 0 Å². The molecule has 652 valence electrons. The summed E-state index contributed by atoms with van der Waals surface area (Å²) in [5, 5.41) is 50.2. The number of hydrogen-bond donors (Lipinski definition) is 4. The Balaban J connectivity index is 0.549. The highest BCUT2D eigenvalue weighted by Crippen LogP contribution is 2.42. The van der Waals surface area contributed by atoms with Crippen LogP contribution in [-0.4, -0.2) is 225 Å². The highest BCUT2D eigenvalue weighted by Gasteiger charge is 2.46. The van der Waals surface area contributed by atoms with Crippen molar-refractivity contribution in [1.29, 1.82) is 0 Å². The molecule has 5 aliphatic heterocycles. The van der Waals surface area contributed by atoms with Crippen molar-refractivity contribution in [2.45, 2.75) is 146 Å². The lowest BCUT2D eigenvalue weighted by Gasteiger charge is -2.39. The van der Waals surface area contributed by atoms with Crippen LogP contribution in [0, 0.1) is 6.92 Å². The summed E-state index contributed by atoms with van der Waals surface area (Å²) in [6.07, 6.45) is -2.55. The quantitative estimate of drug-likeness (QED) is 0.0206. The number of amides is 2. The fourth-order valence-electron chi connectivity index (χ4n) is 15.1. The van der Waals surface area contributed by atoms with E-state index in [9.17, 15) is 61.2 Å². The summed E-state index contributed by atoms with van der Waals surface area (Å²) in [5.74, 6) is -1.72. The number of nitrogens with zero attached hydrogens (tertiary/aromatic N) is 8. The number of benzene rings is 8. The third kappa shape index (κ3) is 21.7. The van der Waals surface area contributed by atoms with Crippen molar-refractivity contribution in [2.75, 3.05) is 73.7 Å². The number of carbonyl (C=O) groups excluding carboxylic acids is 5. The number of fused-ring (bicyclic) bond motifs is 6. The normalized spacial score (nSPS) is 18.4. The summed E-state index contributed by atoms with van der Waals surface area (Å²) < 4.78 is 120. The molecule has 124 heavy (non-hydrogen) atoms. The molecule has 2 amide bonds. The molecule has 0 radical (unpaired) electrons. The Kier molecular flexibility index (Phi) is 28.5. The van der Waals surface area contributed by atoms with Gasteiger partial charge >= 0.3 is 10.4 Å². The van der Waals surface area contributed by atoms with E-state index in [-0.39, 0.29) is 154 Å². The van der Waals surface area contributed by atoms with Gasteiger partial charge in [0.25, 0.3) is 11.8 Å². The lowest BCUT2D eigenvalue weighted by Crippen LogP contribution is -2.60. The first kappa shape index (κ1) is 88.6. The minimum Gasteiger partial charge on any atom is -0.493 e. The van der Waals surface area contributed by atoms with Crippen molar-refractivity contribution >= 4 is 67.5 Å². The molecule has 1 aromatic heterocycles. The number of Topliss-reactive ketones (excluding diaryl/α,β-unsaturated/α-hetero) is 3. The van der Waals surface area contributed by atoms with Crippen molar-refractivity contribution < 1.29 is 112 Å². The predicted octanol–water partition coefficient (Wildman–Crippen LogP) is 8.87. The molecule has 0 unspecified atom stereocenters. The molecule has 0 spiro atoms. The third-order valence-electron chi connectivity index (χ3n) is 21.6. The van der Waals surface area contributed by atoms with Crippen LogP contribution in [-0.2, 0) is 98.0 Å². The van der Waals surface area contributed by atoms with Gasteiger partial charge in [0.1, 0.15) is 55.2 Å². The minimum absolute atomic E-state index is 0.00729. The first-order chi connectivity index (χ1) is 59.7. The Morgan fingerprint density at radius 3 is 1.94 bits per heavy atom. The Morgan fingerprint density at radius 1 is 0.581 bits per heavy atom. The fourth-order valence-corrected chi connectivity index (χ4v) is 17.1. The molecule has 0 aliphatic carbocycles. The molecule has 1 saturated heterocycles. The average molecular weight is 1740 g/mol. The molecule has 32 nitrogen and oxygen atoms in total. The maximum atomic E-state index is 14.8. The SMILES string of the molecule is COc1cc2c(cc1OCc1cc(COc3cc4c(cc3OC)C(=O)N3Cc5cc(OS(=O)(=O)Oc6cc(C(=O)CCCOCCn7cc(COCCOCCCC(=O)c8cccc(C(=O)CCS(=O)(=O)c9ccc(C)cc9)c8)nn7)ccc6O[C@@H]6O[C@H](CO)[C@H](O)[C@H](O)[C@@H]6O)ccc5C[C@H]3C=N4)cc(CN(C)C)c1)C=N[C@@H]1Cc3ccccc3CN1C2=O. The molecule has 4 N–H and O–H groups in total. The van der Waals surface area contributed by atoms with Crippen molar-refractivity contribution in [3.8, 4) is 40.2 Å². The maximum Gasteiger partial charge on any atom is 0.501 e. The number of aliphatic hydroxyl groups excluding tert-OH is 4. The van der Waals surface area contributed by atoms with Gasteiger partial charge in [0.2, 0.25) is 6.29 Å². The van der Waals surface area contributed by atoms with E-state index in [1.54, 1.807) is 93.8 Å². The second-order valence-electron chi connectivity index (χ2n) is 30.9. The Hall–Kier alpha value is -11.7. The van der Waals surface area contributed by atoms with E-state index in [0.717, 1.165) is 45.0 Å². The highest BCUT2D eigenvalue weighted by molar-refractivity contribution is 7.91. The zero-order chi connectivity index (χ0) is 87.3. The molecule has 0 bridgehead atoms. The molecule has 7 atom stereocenters. The van der Waals surface area contributed by atoms with Crippen molar-refractivity contribution in [2.24, 2.45) is 9.98 Å². The number of aliphatic hydroxyl groups is 4. The van der Waals surface area contributed by atoms with Gasteiger partial charge in [0.05, 0.1) is 93.5 Å². The van der Waals surface area contributed by atoms with E-state index in [4.69, 9.17) is 61.0 Å². The van der Waals surface area contributed by atoms with Crippen LogP contribution in [0.5, 0.6) is 40.2 Å². The number of aliphatic imine (C=N–C) groups is 2. The fraction of sp³-hybridized carbons (Fsp3) is 0.367. The topological polar surface area (TPSA) is 401 Å². The summed E-state index contributed by atoms with van der Waals surface area (Å²) in [4.78, 5) is 83.8. The van der Waals surface area contributed by atoms with Crippen molar-refractivity contribution in [1.82, 2.24) is 29.7 Å². The molecule has 8 aromatic carbocycles. The van der Waals surface area contributed by atoms with Crippen LogP contribution in [0.15, 0.2) is 173 Å². The third-order valence-corrected chi connectivity index (χ3v) is 24.1. The number of ketones is 3. The second kappa shape index (κ2) is 39.9. The van der Waals surface area contributed by atoms with Gasteiger partial charge < -0.3 is 86.1 Å². The summed E-state index contributed by atoms with van der Waals surface area (Å²) in [6.45, 7) is 3.88. The molecule has 14 rings (SSSR count). The number of carbonyl (C=O) groups is 5. The number of aryl methyl sites for hydroxylation is 1. The van der Waals surface area contributed by atoms with Crippen molar-refractivity contribution in [3.05, 3.63) is 241 Å². The van der Waals surface area contributed by atoms with Crippen LogP contribution in [0.2, 0.25) is 0 Å². The first-order valence-corrected chi connectivity index (χ1v) is 43.5. The number of methoxy groups -OCH3 is 2. The number of aromatic nitrogens is 3. The van der Waals surface area contributed by atoms with Gasteiger partial charge in [-0.2, -0.15) is 0 Å². The molecule has 0 saturated carbocycles. The molecule has 34 heteroatoms. The van der Waals surface area contributed by atoms with Crippen LogP contribution in [0.25, 0.3) is 0 Å². The summed E-state index contributed by atoms with van der Waals surface area (Å²) >= 11 is 0. The highest BCUT2D eigenvalue weighted by atomic mass is 32.3. The predicted molar refractivity (Wildman–Crippen MR) is 450 cm³/mol. The molecule has 9 aromatic rings. The number of rotatable bonds is 40. The summed E-state index contributed by atoms with van der Waals surface area (Å²) in [5.41, 5.74) is 9.87. The van der Waals surface area contributed by atoms with Gasteiger partial charge in [0, 0.05) is 99.3 Å². The maximum absolute atomic E-state index is 14.8. The number of hydrogen-bond acceptors (Lipinski definition) is 29. The number of ether oxygens (including phenoxy) is 9. The second-order valence-corrected chi connectivity index (χ2v) is 34.2. The van der Waals surface area contributed by atoms with Gasteiger partial charge in [-0.1, -0.05) is 83.6 Å². The zero-order valence-corrected chi connectivity index (χ0v) is 70.5. The van der Waals surface area contributed by atoms with Gasteiger partial charge in [-0.25, -0.2) is 13.1 Å². The van der Waals surface area contributed by atoms with Crippen LogP contribution in [0.3, 0.4) is 0 Å². The van der Waals surface area contributed by atoms with E-state index in [1.807, 2.05) is 56.3 Å². The zero-order valence-electron chi connectivity index (χ0n) is 68.9. The van der Waals surface area contributed by atoms with Gasteiger partial charge in [-0.3, -0.25) is 34.0 Å². The van der Waals surface area contributed by atoms with E-state index in [1.165, 1.54) is 56.7 Å². The summed E-state index contributed by atoms with van der Waals surface area (Å²) in [7, 11) is -1.86. The smallest absolute Gasteiger partial charge is 0.493 e. The van der Waals surface area contributed by atoms with Gasteiger partial charge in [-0.05, 0) is 152 Å². The van der Waals surface area contributed by atoms with E-state index >= 15 is 0 Å². The first-order valence-electron chi connectivity index (χ1n) is 40.5. The summed E-state index contributed by atoms with van der Waals surface area (Å²) in [6, 6.07) is 41.2. The Bertz CT molecular complexity index is 5720. The standard InChI is InChI=1S/C90H96N8O24S2/c1-55-17-22-70(23-18-55)123(108,109)32-25-76(102)62-14-8-13-61(36-62)74(100)15-10-28-115-30-31-116-54-67-50-96(94-93-67)26-29-114-27-9-16-75(101)63-20-24-77(119-90-87(105)86(104)85(103)83(51-99)120-90)82(39-63)122-124(110,111)121-69-21-19-60-37-68-46-91-73-44-81(79(113-5)43-72(73)89(107)97(68)49-66(60)38-69)118-53-58-34-56(47-95(2)3)33-57(35-58)52-117-80-40-65-45-92-84-41-59-11-6-7-12-64(59)48-98(84)88(106)71(65)42-78(80)112-4/h6-8,11-14,17-24,33-36,38-40,42-46,50,68,83-87,90,99,103-105H,9-10,15-16,25-32,37,41,47-49,51-54H2,1-5H3/t68-,83+,84-,85-,86-,87-,90+/m0/s1. The van der Waals surface area contributed by atoms with Crippen LogP contribution < -0.4 is 32.1 Å². The molecule has 6 heterocycles. The van der Waals surface area contributed by atoms with Crippen LogP contribution in [0.4, 0.5) is 5.69 Å². The van der Waals surface area contributed by atoms with Crippen LogP contribution in [0.1, 0.15) is 140 Å². The van der Waals surface area contributed by atoms with Gasteiger partial charge in [0.15, 0.2) is 61.7 Å². The monoisotopic (exact) mass is 1740 g/mol. The van der Waals surface area contributed by atoms with E-state index in [0.29, 0.717) is 83.4 Å². The average Bonchev–Trinajstić information content (AvgIpc) is 1.67. The molecule has 1 fully saturated rings. The molecular formula is C90H96N8O24S2. The lowest BCUT2D eigenvalue weighted by molar-refractivity contribution is -0.277. The van der Waals surface area contributed by atoms with E-state index in [2.05, 4.69) is 22.4 Å². The van der Waals surface area contributed by atoms with E-state index < -0.39 is 86.8 Å². The van der Waals surface area contributed by atoms with Gasteiger partial charge in [-0.15, -0.1) is 13.5 Å². The molecular weight excluding hydrogens is 1640 g/mol. The molecule has 5 aliphatic rings. The minimum atomic E-state index is -5.15. The largest absolute Gasteiger partial charge is 0.501 e. The Morgan fingerprint density at radius 2 is 1.23 bits per heavy atom.